The number of likely N-dealkylation sites (tertiary alicyclic amines) is 1. The molecule has 6 heteroatoms. The Kier molecular flexibility index (Phi) is 4.87. The van der Waals surface area contributed by atoms with Crippen molar-refractivity contribution in [3.05, 3.63) is 29.3 Å². The van der Waals surface area contributed by atoms with E-state index < -0.39 is 5.92 Å². The van der Waals surface area contributed by atoms with E-state index >= 15 is 0 Å². The van der Waals surface area contributed by atoms with Gasteiger partial charge in [0.15, 0.2) is 0 Å². The SMILES string of the molecule is CNCC1CCCN1C(=O)C1CCN(c2cccc(Cl)c2)C1=O. The van der Waals surface area contributed by atoms with Gasteiger partial charge in [-0.3, -0.25) is 9.59 Å². The fourth-order valence-electron chi connectivity index (χ4n) is 3.58. The van der Waals surface area contributed by atoms with Gasteiger partial charge in [0.1, 0.15) is 5.92 Å². The van der Waals surface area contributed by atoms with E-state index in [9.17, 15) is 9.59 Å². The molecule has 124 valence electrons. The minimum absolute atomic E-state index is 0.0164. The Hall–Kier alpha value is -1.59. The highest BCUT2D eigenvalue weighted by Gasteiger charge is 2.42. The van der Waals surface area contributed by atoms with E-state index in [0.29, 0.717) is 18.0 Å². The number of amides is 2. The lowest BCUT2D eigenvalue weighted by atomic mass is 10.1. The van der Waals surface area contributed by atoms with Gasteiger partial charge in [0.25, 0.3) is 0 Å². The molecule has 1 N–H and O–H groups in total. The molecular formula is C17H22ClN3O2. The number of rotatable bonds is 4. The average molecular weight is 336 g/mol. The maximum atomic E-state index is 12.8. The predicted molar refractivity (Wildman–Crippen MR) is 90.6 cm³/mol. The second kappa shape index (κ2) is 6.89. The van der Waals surface area contributed by atoms with Crippen molar-refractivity contribution in [1.82, 2.24) is 10.2 Å². The van der Waals surface area contributed by atoms with Gasteiger partial charge in [-0.15, -0.1) is 0 Å². The molecule has 0 spiro atoms. The van der Waals surface area contributed by atoms with Crippen LogP contribution < -0.4 is 10.2 Å². The monoisotopic (exact) mass is 335 g/mol. The maximum Gasteiger partial charge on any atom is 0.239 e. The van der Waals surface area contributed by atoms with E-state index in [4.69, 9.17) is 11.6 Å². The Morgan fingerprint density at radius 2 is 2.17 bits per heavy atom. The van der Waals surface area contributed by atoms with Crippen LogP contribution in [-0.2, 0) is 9.59 Å². The number of hydrogen-bond acceptors (Lipinski definition) is 3. The summed E-state index contributed by atoms with van der Waals surface area (Å²) in [6.45, 7) is 2.11. The van der Waals surface area contributed by atoms with Gasteiger partial charge in [0.05, 0.1) is 0 Å². The fraction of sp³-hybridized carbons (Fsp3) is 0.529. The molecule has 2 fully saturated rings. The van der Waals surface area contributed by atoms with E-state index in [1.807, 2.05) is 24.1 Å². The standard InChI is InChI=1S/C17H22ClN3O2/c1-19-11-14-6-3-8-20(14)16(22)15-7-9-21(17(15)23)13-5-2-4-12(18)10-13/h2,4-5,10,14-15,19H,3,6-9,11H2,1H3. The lowest BCUT2D eigenvalue weighted by molar-refractivity contribution is -0.140. The number of carbonyl (C=O) groups is 2. The predicted octanol–water partition coefficient (Wildman–Crippen LogP) is 1.90. The van der Waals surface area contributed by atoms with Crippen molar-refractivity contribution in [3.63, 3.8) is 0 Å². The first-order valence-electron chi connectivity index (χ1n) is 8.14. The van der Waals surface area contributed by atoms with Crippen LogP contribution in [0.5, 0.6) is 0 Å². The number of benzene rings is 1. The molecule has 0 aliphatic carbocycles. The van der Waals surface area contributed by atoms with E-state index in [2.05, 4.69) is 5.32 Å². The van der Waals surface area contributed by atoms with Crippen molar-refractivity contribution in [2.45, 2.75) is 25.3 Å². The number of anilines is 1. The second-order valence-corrected chi connectivity index (χ2v) is 6.63. The topological polar surface area (TPSA) is 52.7 Å². The van der Waals surface area contributed by atoms with Gasteiger partial charge in [-0.25, -0.2) is 0 Å². The highest BCUT2D eigenvalue weighted by atomic mass is 35.5. The molecule has 2 saturated heterocycles. The fourth-order valence-corrected chi connectivity index (χ4v) is 3.77. The minimum Gasteiger partial charge on any atom is -0.338 e. The van der Waals surface area contributed by atoms with Crippen LogP contribution in [0.4, 0.5) is 5.69 Å². The first-order valence-corrected chi connectivity index (χ1v) is 8.51. The molecule has 5 nitrogen and oxygen atoms in total. The number of likely N-dealkylation sites (N-methyl/N-ethyl adjacent to an activating group) is 1. The first kappa shape index (κ1) is 16.3. The molecule has 2 unspecified atom stereocenters. The summed E-state index contributed by atoms with van der Waals surface area (Å²) in [6, 6.07) is 7.44. The van der Waals surface area contributed by atoms with E-state index in [-0.39, 0.29) is 17.9 Å². The van der Waals surface area contributed by atoms with Crippen molar-refractivity contribution >= 4 is 29.1 Å². The summed E-state index contributed by atoms with van der Waals surface area (Å²) in [5, 5.41) is 3.73. The number of nitrogens with zero attached hydrogens (tertiary/aromatic N) is 2. The third kappa shape index (κ3) is 3.21. The lowest BCUT2D eigenvalue weighted by Gasteiger charge is -2.27. The highest BCUT2D eigenvalue weighted by molar-refractivity contribution is 6.31. The van der Waals surface area contributed by atoms with Crippen LogP contribution in [0.25, 0.3) is 0 Å². The average Bonchev–Trinajstić information content (AvgIpc) is 3.14. The first-order chi connectivity index (χ1) is 11.1. The zero-order chi connectivity index (χ0) is 16.4. The summed E-state index contributed by atoms with van der Waals surface area (Å²) in [4.78, 5) is 29.1. The van der Waals surface area contributed by atoms with Crippen LogP contribution in [0.2, 0.25) is 5.02 Å². The molecule has 2 aliphatic heterocycles. The Morgan fingerprint density at radius 3 is 2.91 bits per heavy atom. The van der Waals surface area contributed by atoms with Crippen LogP contribution in [0, 0.1) is 5.92 Å². The molecule has 1 aromatic rings. The van der Waals surface area contributed by atoms with Crippen LogP contribution >= 0.6 is 11.6 Å². The van der Waals surface area contributed by atoms with Gasteiger partial charge < -0.3 is 15.1 Å². The smallest absolute Gasteiger partial charge is 0.239 e. The second-order valence-electron chi connectivity index (χ2n) is 6.20. The highest BCUT2D eigenvalue weighted by Crippen LogP contribution is 2.30. The van der Waals surface area contributed by atoms with Crippen molar-refractivity contribution in [2.24, 2.45) is 5.92 Å². The van der Waals surface area contributed by atoms with E-state index in [1.54, 1.807) is 17.0 Å². The van der Waals surface area contributed by atoms with Crippen LogP contribution in [0.15, 0.2) is 24.3 Å². The van der Waals surface area contributed by atoms with E-state index in [0.717, 1.165) is 31.6 Å². The summed E-state index contributed by atoms with van der Waals surface area (Å²) >= 11 is 6.01. The van der Waals surface area contributed by atoms with Gasteiger partial charge in [0.2, 0.25) is 11.8 Å². The molecule has 1 aromatic carbocycles. The number of nitrogens with one attached hydrogen (secondary N) is 1. The van der Waals surface area contributed by atoms with Crippen LogP contribution in [0.3, 0.4) is 0 Å². The van der Waals surface area contributed by atoms with Gasteiger partial charge in [-0.1, -0.05) is 17.7 Å². The Labute approximate surface area is 141 Å². The van der Waals surface area contributed by atoms with Crippen molar-refractivity contribution in [1.29, 1.82) is 0 Å². The molecule has 2 amide bonds. The van der Waals surface area contributed by atoms with Gasteiger partial charge in [-0.2, -0.15) is 0 Å². The Balaban J connectivity index is 1.72. The van der Waals surface area contributed by atoms with Crippen LogP contribution in [0.1, 0.15) is 19.3 Å². The third-order valence-electron chi connectivity index (χ3n) is 4.72. The normalized spacial score (nSPS) is 24.5. The maximum absolute atomic E-state index is 12.8. The molecule has 0 saturated carbocycles. The summed E-state index contributed by atoms with van der Waals surface area (Å²) in [5.41, 5.74) is 0.769. The Morgan fingerprint density at radius 1 is 1.35 bits per heavy atom. The molecule has 3 rings (SSSR count). The van der Waals surface area contributed by atoms with Crippen molar-refractivity contribution in [2.75, 3.05) is 31.6 Å². The zero-order valence-electron chi connectivity index (χ0n) is 13.3. The minimum atomic E-state index is -0.550. The number of hydrogen-bond donors (Lipinski definition) is 1. The lowest BCUT2D eigenvalue weighted by Crippen LogP contribution is -2.45. The number of halogens is 1. The molecule has 2 aliphatic rings. The van der Waals surface area contributed by atoms with Gasteiger partial charge in [0, 0.05) is 36.4 Å². The molecular weight excluding hydrogens is 314 g/mol. The molecule has 23 heavy (non-hydrogen) atoms. The Bertz CT molecular complexity index is 607. The molecule has 0 aromatic heterocycles. The molecule has 0 radical (unpaired) electrons. The van der Waals surface area contributed by atoms with Gasteiger partial charge >= 0.3 is 0 Å². The van der Waals surface area contributed by atoms with Gasteiger partial charge in [-0.05, 0) is 44.5 Å². The van der Waals surface area contributed by atoms with Crippen LogP contribution in [-0.4, -0.2) is 49.4 Å². The summed E-state index contributed by atoms with van der Waals surface area (Å²) in [7, 11) is 1.89. The summed E-state index contributed by atoms with van der Waals surface area (Å²) in [5.74, 6) is -0.670. The zero-order valence-corrected chi connectivity index (χ0v) is 14.1. The van der Waals surface area contributed by atoms with Crippen molar-refractivity contribution < 1.29 is 9.59 Å². The molecule has 2 atom stereocenters. The molecule has 2 heterocycles. The van der Waals surface area contributed by atoms with Crippen molar-refractivity contribution in [3.8, 4) is 0 Å². The summed E-state index contributed by atoms with van der Waals surface area (Å²) in [6.07, 6.45) is 2.59. The molecule has 0 bridgehead atoms. The quantitative estimate of drug-likeness (QED) is 0.855. The third-order valence-corrected chi connectivity index (χ3v) is 4.96. The van der Waals surface area contributed by atoms with E-state index in [1.165, 1.54) is 0 Å². The number of carbonyl (C=O) groups excluding carboxylic acids is 2. The summed E-state index contributed by atoms with van der Waals surface area (Å²) < 4.78 is 0. The largest absolute Gasteiger partial charge is 0.338 e.